The summed E-state index contributed by atoms with van der Waals surface area (Å²) < 4.78 is 31.9. The summed E-state index contributed by atoms with van der Waals surface area (Å²) in [6.45, 7) is -0.126. The summed E-state index contributed by atoms with van der Waals surface area (Å²) in [5, 5.41) is 9.22. The molecule has 0 aromatic heterocycles. The number of nitrogens with two attached hydrogens (primary N) is 1. The molecule has 0 amide bonds. The molecule has 5 heteroatoms. The Morgan fingerprint density at radius 2 is 2.22 bits per heavy atom. The SMILES string of the molecule is NC1(CO)CCCC(Oc2cc(F)ccc2F)C1. The van der Waals surface area contributed by atoms with Gasteiger partial charge in [0.15, 0.2) is 11.6 Å². The van der Waals surface area contributed by atoms with Crippen molar-refractivity contribution in [1.82, 2.24) is 0 Å². The van der Waals surface area contributed by atoms with Gasteiger partial charge in [-0.2, -0.15) is 0 Å². The third-order valence-electron chi connectivity index (χ3n) is 3.34. The minimum atomic E-state index is -0.674. The Bertz CT molecular complexity index is 427. The van der Waals surface area contributed by atoms with Crippen LogP contribution >= 0.6 is 0 Å². The van der Waals surface area contributed by atoms with E-state index in [9.17, 15) is 13.9 Å². The summed E-state index contributed by atoms with van der Waals surface area (Å²) in [5.41, 5.74) is 5.30. The number of hydrogen-bond acceptors (Lipinski definition) is 3. The zero-order valence-corrected chi connectivity index (χ0v) is 10.0. The van der Waals surface area contributed by atoms with Crippen molar-refractivity contribution in [3.05, 3.63) is 29.8 Å². The van der Waals surface area contributed by atoms with E-state index >= 15 is 0 Å². The van der Waals surface area contributed by atoms with Crippen molar-refractivity contribution in [3.63, 3.8) is 0 Å². The zero-order chi connectivity index (χ0) is 13.2. The third-order valence-corrected chi connectivity index (χ3v) is 3.34. The molecule has 1 saturated carbocycles. The molecule has 2 rings (SSSR count). The molecule has 0 heterocycles. The van der Waals surface area contributed by atoms with Crippen LogP contribution in [0, 0.1) is 11.6 Å². The average molecular weight is 257 g/mol. The third kappa shape index (κ3) is 2.97. The fourth-order valence-corrected chi connectivity index (χ4v) is 2.33. The molecule has 3 nitrogen and oxygen atoms in total. The van der Waals surface area contributed by atoms with Gasteiger partial charge in [-0.25, -0.2) is 8.78 Å². The van der Waals surface area contributed by atoms with Gasteiger partial charge < -0.3 is 15.6 Å². The van der Waals surface area contributed by atoms with E-state index < -0.39 is 17.2 Å². The van der Waals surface area contributed by atoms with Gasteiger partial charge in [0, 0.05) is 18.0 Å². The quantitative estimate of drug-likeness (QED) is 0.870. The van der Waals surface area contributed by atoms with E-state index in [0.717, 1.165) is 37.5 Å². The zero-order valence-electron chi connectivity index (χ0n) is 10.0. The molecule has 1 aliphatic rings. The number of aliphatic hydroxyl groups excluding tert-OH is 1. The van der Waals surface area contributed by atoms with Crippen LogP contribution in [0.1, 0.15) is 25.7 Å². The molecule has 2 unspecified atom stereocenters. The van der Waals surface area contributed by atoms with Crippen molar-refractivity contribution >= 4 is 0 Å². The van der Waals surface area contributed by atoms with Crippen LogP contribution in [0.2, 0.25) is 0 Å². The normalized spacial score (nSPS) is 28.1. The molecule has 0 spiro atoms. The molecule has 2 atom stereocenters. The Hall–Kier alpha value is -1.20. The van der Waals surface area contributed by atoms with Crippen LogP contribution in [0.5, 0.6) is 5.75 Å². The first-order valence-corrected chi connectivity index (χ1v) is 6.04. The number of benzene rings is 1. The van der Waals surface area contributed by atoms with Crippen molar-refractivity contribution in [2.24, 2.45) is 5.73 Å². The summed E-state index contributed by atoms with van der Waals surface area (Å²) in [6.07, 6.45) is 2.41. The maximum absolute atomic E-state index is 13.4. The largest absolute Gasteiger partial charge is 0.487 e. The van der Waals surface area contributed by atoms with E-state index in [1.807, 2.05) is 0 Å². The van der Waals surface area contributed by atoms with Crippen molar-refractivity contribution in [1.29, 1.82) is 0 Å². The average Bonchev–Trinajstić information content (AvgIpc) is 2.34. The van der Waals surface area contributed by atoms with Crippen LogP contribution in [-0.2, 0) is 0 Å². The Labute approximate surface area is 105 Å². The lowest BCUT2D eigenvalue weighted by atomic mass is 9.81. The van der Waals surface area contributed by atoms with Crippen molar-refractivity contribution in [3.8, 4) is 5.75 Å². The molecule has 0 radical (unpaired) electrons. The first-order chi connectivity index (χ1) is 8.52. The first kappa shape index (κ1) is 13.2. The van der Waals surface area contributed by atoms with Gasteiger partial charge in [-0.05, 0) is 31.4 Å². The molecule has 1 aromatic rings. The van der Waals surface area contributed by atoms with Crippen molar-refractivity contribution in [2.75, 3.05) is 6.61 Å². The Morgan fingerprint density at radius 3 is 2.94 bits per heavy atom. The van der Waals surface area contributed by atoms with Gasteiger partial charge in [0.25, 0.3) is 0 Å². The molecule has 1 aromatic carbocycles. The lowest BCUT2D eigenvalue weighted by molar-refractivity contribution is 0.0702. The fourth-order valence-electron chi connectivity index (χ4n) is 2.33. The molecular weight excluding hydrogens is 240 g/mol. The number of halogens is 2. The molecule has 100 valence electrons. The Balaban J connectivity index is 2.07. The van der Waals surface area contributed by atoms with Gasteiger partial charge in [-0.15, -0.1) is 0 Å². The van der Waals surface area contributed by atoms with Gasteiger partial charge in [0.1, 0.15) is 11.9 Å². The first-order valence-electron chi connectivity index (χ1n) is 6.04. The van der Waals surface area contributed by atoms with Crippen LogP contribution in [0.4, 0.5) is 8.78 Å². The van der Waals surface area contributed by atoms with Crippen molar-refractivity contribution < 1.29 is 18.6 Å². The van der Waals surface area contributed by atoms with E-state index in [1.165, 1.54) is 0 Å². The number of hydrogen-bond donors (Lipinski definition) is 2. The second kappa shape index (κ2) is 5.20. The highest BCUT2D eigenvalue weighted by Crippen LogP contribution is 2.30. The van der Waals surface area contributed by atoms with Crippen LogP contribution in [0.25, 0.3) is 0 Å². The van der Waals surface area contributed by atoms with E-state index in [-0.39, 0.29) is 18.5 Å². The standard InChI is InChI=1S/C13H17F2NO2/c14-9-3-4-11(15)12(6-9)18-10-2-1-5-13(16,7-10)8-17/h3-4,6,10,17H,1-2,5,7-8,16H2. The van der Waals surface area contributed by atoms with E-state index in [1.54, 1.807) is 0 Å². The fraction of sp³-hybridized carbons (Fsp3) is 0.538. The van der Waals surface area contributed by atoms with E-state index in [0.29, 0.717) is 6.42 Å². The highest BCUT2D eigenvalue weighted by molar-refractivity contribution is 5.25. The summed E-state index contributed by atoms with van der Waals surface area (Å²) >= 11 is 0. The number of aliphatic hydroxyl groups is 1. The smallest absolute Gasteiger partial charge is 0.165 e. The lowest BCUT2D eigenvalue weighted by Gasteiger charge is -2.36. The van der Waals surface area contributed by atoms with Gasteiger partial charge in [-0.3, -0.25) is 0 Å². The highest BCUT2D eigenvalue weighted by atomic mass is 19.1. The van der Waals surface area contributed by atoms with Crippen LogP contribution in [0.15, 0.2) is 18.2 Å². The van der Waals surface area contributed by atoms with E-state index in [2.05, 4.69) is 0 Å². The Morgan fingerprint density at radius 1 is 1.44 bits per heavy atom. The van der Waals surface area contributed by atoms with Gasteiger partial charge in [0.05, 0.1) is 6.61 Å². The molecule has 0 bridgehead atoms. The van der Waals surface area contributed by atoms with Crippen molar-refractivity contribution in [2.45, 2.75) is 37.3 Å². The lowest BCUT2D eigenvalue weighted by Crippen LogP contribution is -2.50. The summed E-state index contributed by atoms with van der Waals surface area (Å²) in [6, 6.07) is 3.11. The molecule has 0 aliphatic heterocycles. The predicted octanol–water partition coefficient (Wildman–Crippen LogP) is 1.98. The second-order valence-electron chi connectivity index (χ2n) is 4.93. The predicted molar refractivity (Wildman–Crippen MR) is 63.2 cm³/mol. The van der Waals surface area contributed by atoms with Crippen LogP contribution < -0.4 is 10.5 Å². The van der Waals surface area contributed by atoms with Crippen LogP contribution in [-0.4, -0.2) is 23.4 Å². The Kier molecular flexibility index (Phi) is 3.82. The maximum atomic E-state index is 13.4. The second-order valence-corrected chi connectivity index (χ2v) is 4.93. The maximum Gasteiger partial charge on any atom is 0.165 e. The minimum absolute atomic E-state index is 0.0952. The molecule has 1 fully saturated rings. The molecule has 0 saturated heterocycles. The highest BCUT2D eigenvalue weighted by Gasteiger charge is 2.33. The molecular formula is C13H17F2NO2. The van der Waals surface area contributed by atoms with E-state index in [4.69, 9.17) is 10.5 Å². The van der Waals surface area contributed by atoms with Gasteiger partial charge in [-0.1, -0.05) is 0 Å². The molecule has 18 heavy (non-hydrogen) atoms. The van der Waals surface area contributed by atoms with Crippen LogP contribution in [0.3, 0.4) is 0 Å². The van der Waals surface area contributed by atoms with Gasteiger partial charge in [0.2, 0.25) is 0 Å². The topological polar surface area (TPSA) is 55.5 Å². The molecule has 1 aliphatic carbocycles. The molecule has 3 N–H and O–H groups in total. The number of ether oxygens (including phenoxy) is 1. The summed E-state index contributed by atoms with van der Waals surface area (Å²) in [7, 11) is 0. The monoisotopic (exact) mass is 257 g/mol. The minimum Gasteiger partial charge on any atom is -0.487 e. The summed E-state index contributed by atoms with van der Waals surface area (Å²) in [4.78, 5) is 0. The summed E-state index contributed by atoms with van der Waals surface area (Å²) in [5.74, 6) is -1.22. The number of rotatable bonds is 3. The van der Waals surface area contributed by atoms with Gasteiger partial charge >= 0.3 is 0 Å².